The Bertz CT molecular complexity index is 453. The summed E-state index contributed by atoms with van der Waals surface area (Å²) in [4.78, 5) is 6.76. The van der Waals surface area contributed by atoms with Crippen molar-refractivity contribution >= 4 is 5.96 Å². The Morgan fingerprint density at radius 2 is 2.38 bits per heavy atom. The molecule has 1 aliphatic rings. The quantitative estimate of drug-likeness (QED) is 0.445. The van der Waals surface area contributed by atoms with Gasteiger partial charge in [-0.25, -0.2) is 4.99 Å². The van der Waals surface area contributed by atoms with E-state index in [0.717, 1.165) is 43.7 Å². The third-order valence-electron chi connectivity index (χ3n) is 3.49. The molecule has 0 atom stereocenters. The number of hydrogen-bond acceptors (Lipinski definition) is 3. The topological polar surface area (TPSA) is 54.7 Å². The van der Waals surface area contributed by atoms with Crippen LogP contribution < -0.4 is 5.32 Å². The van der Waals surface area contributed by atoms with Crippen molar-refractivity contribution in [1.82, 2.24) is 20.0 Å². The third-order valence-corrected chi connectivity index (χ3v) is 3.49. The molecule has 1 aliphatic carbocycles. The second-order valence-corrected chi connectivity index (χ2v) is 5.63. The van der Waals surface area contributed by atoms with E-state index in [1.54, 1.807) is 4.68 Å². The van der Waals surface area contributed by atoms with Crippen LogP contribution in [0.15, 0.2) is 17.4 Å². The number of aliphatic imine (C=N–C) groups is 1. The predicted octanol–water partition coefficient (Wildman–Crippen LogP) is 1.24. The molecule has 1 aromatic heterocycles. The van der Waals surface area contributed by atoms with E-state index in [0.29, 0.717) is 6.54 Å². The number of nitrogens with one attached hydrogen (secondary N) is 1. The Hall–Kier alpha value is -1.56. The molecule has 0 bridgehead atoms. The first kappa shape index (κ1) is 15.8. The Morgan fingerprint density at radius 1 is 1.57 bits per heavy atom. The average Bonchev–Trinajstić information content (AvgIpc) is 3.20. The minimum absolute atomic E-state index is 0.642. The summed E-state index contributed by atoms with van der Waals surface area (Å²) in [5, 5.41) is 7.48. The van der Waals surface area contributed by atoms with Crippen molar-refractivity contribution in [2.75, 3.05) is 33.4 Å². The fourth-order valence-corrected chi connectivity index (χ4v) is 2.03. The predicted molar refractivity (Wildman–Crippen MR) is 84.2 cm³/mol. The molecule has 1 N–H and O–H groups in total. The van der Waals surface area contributed by atoms with Crippen molar-refractivity contribution in [1.29, 1.82) is 0 Å². The van der Waals surface area contributed by atoms with Crippen LogP contribution in [0.5, 0.6) is 0 Å². The van der Waals surface area contributed by atoms with Gasteiger partial charge < -0.3 is 15.0 Å². The summed E-state index contributed by atoms with van der Waals surface area (Å²) in [6.45, 7) is 6.10. The summed E-state index contributed by atoms with van der Waals surface area (Å²) in [5.41, 5.74) is 1.12. The van der Waals surface area contributed by atoms with Gasteiger partial charge >= 0.3 is 0 Å². The highest BCUT2D eigenvalue weighted by molar-refractivity contribution is 5.79. The molecular formula is C15H27N5O. The van der Waals surface area contributed by atoms with Crippen LogP contribution in [0.2, 0.25) is 0 Å². The molecule has 1 fully saturated rings. The van der Waals surface area contributed by atoms with Crippen molar-refractivity contribution < 1.29 is 4.74 Å². The largest absolute Gasteiger partial charge is 0.379 e. The molecular weight excluding hydrogens is 266 g/mol. The van der Waals surface area contributed by atoms with Gasteiger partial charge in [-0.1, -0.05) is 0 Å². The van der Waals surface area contributed by atoms with E-state index in [1.165, 1.54) is 12.8 Å². The number of hydrogen-bond donors (Lipinski definition) is 1. The lowest BCUT2D eigenvalue weighted by molar-refractivity contribution is 0.115. The van der Waals surface area contributed by atoms with Crippen LogP contribution in [0.4, 0.5) is 0 Å². The number of ether oxygens (including phenoxy) is 1. The van der Waals surface area contributed by atoms with Gasteiger partial charge in [-0.05, 0) is 25.7 Å². The SMILES string of the molecule is CCNC(=NCc1cnn(C)c1)N(C)CCOCC1CC1. The van der Waals surface area contributed by atoms with Crippen LogP contribution in [0.25, 0.3) is 0 Å². The maximum Gasteiger partial charge on any atom is 0.194 e. The molecule has 6 heteroatoms. The first-order valence-corrected chi connectivity index (χ1v) is 7.73. The number of nitrogens with zero attached hydrogens (tertiary/aromatic N) is 4. The van der Waals surface area contributed by atoms with Gasteiger partial charge in [0.1, 0.15) is 0 Å². The molecule has 6 nitrogen and oxygen atoms in total. The van der Waals surface area contributed by atoms with E-state index in [4.69, 9.17) is 4.74 Å². The summed E-state index contributed by atoms with van der Waals surface area (Å²) in [6.07, 6.45) is 6.52. The molecule has 0 unspecified atom stereocenters. The summed E-state index contributed by atoms with van der Waals surface area (Å²) >= 11 is 0. The number of aromatic nitrogens is 2. The van der Waals surface area contributed by atoms with E-state index in [2.05, 4.69) is 27.2 Å². The molecule has 0 radical (unpaired) electrons. The minimum Gasteiger partial charge on any atom is -0.379 e. The molecule has 1 saturated carbocycles. The van der Waals surface area contributed by atoms with Crippen molar-refractivity contribution in [3.05, 3.63) is 18.0 Å². The van der Waals surface area contributed by atoms with Gasteiger partial charge in [0.15, 0.2) is 5.96 Å². The molecule has 1 heterocycles. The Morgan fingerprint density at radius 3 is 3.00 bits per heavy atom. The smallest absolute Gasteiger partial charge is 0.194 e. The van der Waals surface area contributed by atoms with Crippen LogP contribution in [0, 0.1) is 5.92 Å². The lowest BCUT2D eigenvalue weighted by Gasteiger charge is -2.21. The summed E-state index contributed by atoms with van der Waals surface area (Å²) in [6, 6.07) is 0. The second kappa shape index (κ2) is 8.02. The number of rotatable bonds is 8. The molecule has 0 spiro atoms. The van der Waals surface area contributed by atoms with Gasteiger partial charge in [-0.2, -0.15) is 5.10 Å². The molecule has 0 aromatic carbocycles. The summed E-state index contributed by atoms with van der Waals surface area (Å²) in [7, 11) is 3.97. The van der Waals surface area contributed by atoms with E-state index in [-0.39, 0.29) is 0 Å². The number of guanidine groups is 1. The van der Waals surface area contributed by atoms with Gasteiger partial charge in [-0.15, -0.1) is 0 Å². The van der Waals surface area contributed by atoms with Crippen molar-refractivity contribution in [2.24, 2.45) is 18.0 Å². The molecule has 0 aliphatic heterocycles. The first-order chi connectivity index (χ1) is 10.2. The van der Waals surface area contributed by atoms with Crippen molar-refractivity contribution in [3.8, 4) is 0 Å². The maximum absolute atomic E-state index is 5.68. The van der Waals surface area contributed by atoms with E-state index in [1.807, 2.05) is 26.5 Å². The lowest BCUT2D eigenvalue weighted by atomic mass is 10.4. The van der Waals surface area contributed by atoms with Gasteiger partial charge in [0.2, 0.25) is 0 Å². The van der Waals surface area contributed by atoms with E-state index < -0.39 is 0 Å². The number of likely N-dealkylation sites (N-methyl/N-ethyl adjacent to an activating group) is 1. The molecule has 2 rings (SSSR count). The fraction of sp³-hybridized carbons (Fsp3) is 0.733. The zero-order valence-corrected chi connectivity index (χ0v) is 13.4. The van der Waals surface area contributed by atoms with Gasteiger partial charge in [0.25, 0.3) is 0 Å². The van der Waals surface area contributed by atoms with Crippen LogP contribution in [0.1, 0.15) is 25.3 Å². The van der Waals surface area contributed by atoms with Crippen LogP contribution in [0.3, 0.4) is 0 Å². The summed E-state index contributed by atoms with van der Waals surface area (Å²) in [5.74, 6) is 1.74. The second-order valence-electron chi connectivity index (χ2n) is 5.63. The van der Waals surface area contributed by atoms with Crippen LogP contribution in [-0.4, -0.2) is 54.0 Å². The highest BCUT2D eigenvalue weighted by Gasteiger charge is 2.21. The first-order valence-electron chi connectivity index (χ1n) is 7.73. The van der Waals surface area contributed by atoms with Crippen molar-refractivity contribution in [2.45, 2.75) is 26.3 Å². The molecule has 0 amide bonds. The highest BCUT2D eigenvalue weighted by Crippen LogP contribution is 2.28. The van der Waals surface area contributed by atoms with Gasteiger partial charge in [-0.3, -0.25) is 4.68 Å². The molecule has 118 valence electrons. The Balaban J connectivity index is 1.77. The summed E-state index contributed by atoms with van der Waals surface area (Å²) < 4.78 is 7.48. The zero-order chi connectivity index (χ0) is 15.1. The molecule has 1 aromatic rings. The highest BCUT2D eigenvalue weighted by atomic mass is 16.5. The number of aryl methyl sites for hydroxylation is 1. The van der Waals surface area contributed by atoms with E-state index in [9.17, 15) is 0 Å². The van der Waals surface area contributed by atoms with E-state index >= 15 is 0 Å². The third kappa shape index (κ3) is 5.75. The fourth-order valence-electron chi connectivity index (χ4n) is 2.03. The molecule has 0 saturated heterocycles. The van der Waals surface area contributed by atoms with Gasteiger partial charge in [0, 0.05) is 45.6 Å². The normalized spacial score (nSPS) is 15.3. The maximum atomic E-state index is 5.68. The van der Waals surface area contributed by atoms with Gasteiger partial charge in [0.05, 0.1) is 19.3 Å². The Labute approximate surface area is 127 Å². The minimum atomic E-state index is 0.642. The van der Waals surface area contributed by atoms with Crippen LogP contribution >= 0.6 is 0 Å². The zero-order valence-electron chi connectivity index (χ0n) is 13.4. The molecule has 21 heavy (non-hydrogen) atoms. The van der Waals surface area contributed by atoms with Crippen molar-refractivity contribution in [3.63, 3.8) is 0 Å². The lowest BCUT2D eigenvalue weighted by Crippen LogP contribution is -2.40. The standard InChI is InChI=1S/C15H27N5O/c1-4-16-15(17-9-14-10-18-20(3)11-14)19(2)7-8-21-12-13-5-6-13/h10-11,13H,4-9,12H2,1-3H3,(H,16,17). The average molecular weight is 293 g/mol. The monoisotopic (exact) mass is 293 g/mol. The Kier molecular flexibility index (Phi) is 6.04. The van der Waals surface area contributed by atoms with Crippen LogP contribution in [-0.2, 0) is 18.3 Å².